The average molecular weight is 437 g/mol. The Kier molecular flexibility index (Phi) is 7.36. The van der Waals surface area contributed by atoms with E-state index in [4.69, 9.17) is 4.74 Å². The minimum absolute atomic E-state index is 0.0238. The van der Waals surface area contributed by atoms with Gasteiger partial charge in [0.2, 0.25) is 5.91 Å². The van der Waals surface area contributed by atoms with Gasteiger partial charge in [0.15, 0.2) is 11.6 Å². The Balaban J connectivity index is 2.08. The van der Waals surface area contributed by atoms with Gasteiger partial charge in [0.1, 0.15) is 5.75 Å². The van der Waals surface area contributed by atoms with Crippen LogP contribution in [0.25, 0.3) is 0 Å². The highest BCUT2D eigenvalue weighted by molar-refractivity contribution is 9.10. The number of hydrogen-bond acceptors (Lipinski definition) is 3. The second-order valence-corrected chi connectivity index (χ2v) is 6.84. The lowest BCUT2D eigenvalue weighted by Gasteiger charge is -2.23. The van der Waals surface area contributed by atoms with Crippen molar-refractivity contribution in [2.45, 2.75) is 13.8 Å². The molecular formula is C20H22BrFN2O3. The van der Waals surface area contributed by atoms with Gasteiger partial charge in [-0.25, -0.2) is 4.39 Å². The number of likely N-dealkylation sites (N-methyl/N-ethyl adjacent to an activating group) is 2. The van der Waals surface area contributed by atoms with Crippen LogP contribution in [0.3, 0.4) is 0 Å². The molecule has 0 aromatic heterocycles. The summed E-state index contributed by atoms with van der Waals surface area (Å²) in [6, 6.07) is 11.0. The van der Waals surface area contributed by atoms with Crippen LogP contribution < -0.4 is 4.74 Å². The molecule has 2 rings (SSSR count). The molecule has 0 bridgehead atoms. The van der Waals surface area contributed by atoms with Crippen LogP contribution in [0.15, 0.2) is 46.9 Å². The quantitative estimate of drug-likeness (QED) is 0.649. The molecule has 0 fully saturated rings. The number of amides is 2. The summed E-state index contributed by atoms with van der Waals surface area (Å²) in [4.78, 5) is 27.5. The van der Waals surface area contributed by atoms with Crippen LogP contribution in [-0.2, 0) is 4.79 Å². The van der Waals surface area contributed by atoms with E-state index in [-0.39, 0.29) is 23.8 Å². The molecule has 0 spiro atoms. The third-order valence-corrected chi connectivity index (χ3v) is 4.58. The van der Waals surface area contributed by atoms with Crippen molar-refractivity contribution in [3.8, 4) is 11.5 Å². The highest BCUT2D eigenvalue weighted by Gasteiger charge is 2.19. The average Bonchev–Trinajstić information content (AvgIpc) is 2.65. The number of ether oxygens (including phenoxy) is 1. The Morgan fingerprint density at radius 3 is 2.26 bits per heavy atom. The molecule has 0 unspecified atom stereocenters. The van der Waals surface area contributed by atoms with Gasteiger partial charge in [-0.2, -0.15) is 0 Å². The smallest absolute Gasteiger partial charge is 0.254 e. The van der Waals surface area contributed by atoms with Crippen LogP contribution in [0.2, 0.25) is 0 Å². The predicted molar refractivity (Wildman–Crippen MR) is 106 cm³/mol. The molecule has 0 N–H and O–H groups in total. The Morgan fingerprint density at radius 2 is 1.70 bits per heavy atom. The van der Waals surface area contributed by atoms with Gasteiger partial charge >= 0.3 is 0 Å². The maximum atomic E-state index is 14.4. The second kappa shape index (κ2) is 9.50. The summed E-state index contributed by atoms with van der Waals surface area (Å²) in [5.41, 5.74) is 0.158. The molecule has 0 aliphatic heterocycles. The van der Waals surface area contributed by atoms with E-state index in [1.807, 2.05) is 13.8 Å². The summed E-state index contributed by atoms with van der Waals surface area (Å²) in [6.07, 6.45) is 0. The third-order valence-electron chi connectivity index (χ3n) is 4.06. The molecule has 2 aromatic carbocycles. The van der Waals surface area contributed by atoms with Crippen molar-refractivity contribution < 1.29 is 18.7 Å². The summed E-state index contributed by atoms with van der Waals surface area (Å²) in [5.74, 6) is -0.711. The van der Waals surface area contributed by atoms with E-state index in [2.05, 4.69) is 15.9 Å². The van der Waals surface area contributed by atoms with Crippen LogP contribution in [0, 0.1) is 5.82 Å². The van der Waals surface area contributed by atoms with Gasteiger partial charge in [0.05, 0.1) is 6.54 Å². The molecule has 27 heavy (non-hydrogen) atoms. The maximum Gasteiger partial charge on any atom is 0.254 e. The highest BCUT2D eigenvalue weighted by atomic mass is 79.9. The van der Waals surface area contributed by atoms with Gasteiger partial charge in [0.25, 0.3) is 5.91 Å². The van der Waals surface area contributed by atoms with E-state index >= 15 is 0 Å². The van der Waals surface area contributed by atoms with Gasteiger partial charge < -0.3 is 14.5 Å². The summed E-state index contributed by atoms with van der Waals surface area (Å²) in [6.45, 7) is 4.85. The third kappa shape index (κ3) is 5.53. The molecule has 0 heterocycles. The standard InChI is InChI=1S/C20H22BrFN2O3/c1-4-24(5-2)19(25)13-23(3)20(26)14-6-11-18(17(22)12-14)27-16-9-7-15(21)8-10-16/h6-12H,4-5,13H2,1-3H3. The summed E-state index contributed by atoms with van der Waals surface area (Å²) in [5, 5.41) is 0. The first-order chi connectivity index (χ1) is 12.8. The Morgan fingerprint density at radius 1 is 1.07 bits per heavy atom. The molecule has 0 radical (unpaired) electrons. The summed E-state index contributed by atoms with van der Waals surface area (Å²) < 4.78 is 20.7. The SMILES string of the molecule is CCN(CC)C(=O)CN(C)C(=O)c1ccc(Oc2ccc(Br)cc2)c(F)c1. The van der Waals surface area contributed by atoms with Gasteiger partial charge in [-0.15, -0.1) is 0 Å². The van der Waals surface area contributed by atoms with Crippen molar-refractivity contribution in [3.05, 3.63) is 58.3 Å². The summed E-state index contributed by atoms with van der Waals surface area (Å²) in [7, 11) is 1.52. The van der Waals surface area contributed by atoms with Crippen molar-refractivity contribution in [1.29, 1.82) is 0 Å². The number of halogens is 2. The lowest BCUT2D eigenvalue weighted by molar-refractivity contribution is -0.131. The van der Waals surface area contributed by atoms with Crippen LogP contribution in [0.5, 0.6) is 11.5 Å². The van der Waals surface area contributed by atoms with E-state index in [0.29, 0.717) is 18.8 Å². The lowest BCUT2D eigenvalue weighted by Crippen LogP contribution is -2.41. The molecule has 0 saturated carbocycles. The molecular weight excluding hydrogens is 415 g/mol. The molecule has 7 heteroatoms. The zero-order valence-electron chi connectivity index (χ0n) is 15.5. The van der Waals surface area contributed by atoms with Crippen LogP contribution >= 0.6 is 15.9 Å². The predicted octanol–water partition coefficient (Wildman–Crippen LogP) is 4.32. The molecule has 0 saturated heterocycles. The summed E-state index contributed by atoms with van der Waals surface area (Å²) >= 11 is 3.32. The largest absolute Gasteiger partial charge is 0.454 e. The lowest BCUT2D eigenvalue weighted by atomic mass is 10.2. The van der Waals surface area contributed by atoms with Crippen LogP contribution in [-0.4, -0.2) is 48.3 Å². The fourth-order valence-electron chi connectivity index (χ4n) is 2.52. The minimum atomic E-state index is -0.646. The first kappa shape index (κ1) is 20.9. The number of nitrogens with zero attached hydrogens (tertiary/aromatic N) is 2. The number of hydrogen-bond donors (Lipinski definition) is 0. The van der Waals surface area contributed by atoms with Gasteiger partial charge in [-0.3, -0.25) is 9.59 Å². The molecule has 2 amide bonds. The first-order valence-electron chi connectivity index (χ1n) is 8.61. The highest BCUT2D eigenvalue weighted by Crippen LogP contribution is 2.26. The number of carbonyl (C=O) groups is 2. The fraction of sp³-hybridized carbons (Fsp3) is 0.300. The zero-order chi connectivity index (χ0) is 20.0. The van der Waals surface area contributed by atoms with E-state index in [0.717, 1.165) is 10.5 Å². The normalized spacial score (nSPS) is 10.4. The van der Waals surface area contributed by atoms with E-state index in [1.54, 1.807) is 29.2 Å². The molecule has 0 aliphatic rings. The Labute approximate surface area is 166 Å². The minimum Gasteiger partial charge on any atom is -0.454 e. The van der Waals surface area contributed by atoms with Gasteiger partial charge in [-0.05, 0) is 56.3 Å². The van der Waals surface area contributed by atoms with Crippen LogP contribution in [0.1, 0.15) is 24.2 Å². The number of rotatable bonds is 7. The first-order valence-corrected chi connectivity index (χ1v) is 9.41. The van der Waals surface area contributed by atoms with Crippen molar-refractivity contribution in [2.75, 3.05) is 26.7 Å². The van der Waals surface area contributed by atoms with Crippen LogP contribution in [0.4, 0.5) is 4.39 Å². The zero-order valence-corrected chi connectivity index (χ0v) is 17.1. The van der Waals surface area contributed by atoms with Crippen molar-refractivity contribution in [3.63, 3.8) is 0 Å². The second-order valence-electron chi connectivity index (χ2n) is 5.93. The molecule has 0 atom stereocenters. The number of benzene rings is 2. The van der Waals surface area contributed by atoms with Crippen molar-refractivity contribution in [2.24, 2.45) is 0 Å². The monoisotopic (exact) mass is 436 g/mol. The van der Waals surface area contributed by atoms with E-state index in [9.17, 15) is 14.0 Å². The maximum absolute atomic E-state index is 14.4. The Hall–Kier alpha value is -2.41. The fourth-order valence-corrected chi connectivity index (χ4v) is 2.78. The van der Waals surface area contributed by atoms with Gasteiger partial charge in [-0.1, -0.05) is 15.9 Å². The molecule has 5 nitrogen and oxygen atoms in total. The molecule has 2 aromatic rings. The number of carbonyl (C=O) groups excluding carboxylic acids is 2. The topological polar surface area (TPSA) is 49.9 Å². The van der Waals surface area contributed by atoms with E-state index < -0.39 is 11.7 Å². The van der Waals surface area contributed by atoms with Crippen molar-refractivity contribution >= 4 is 27.7 Å². The van der Waals surface area contributed by atoms with Gasteiger partial charge in [0, 0.05) is 30.2 Å². The molecule has 0 aliphatic carbocycles. The molecule has 144 valence electrons. The Bertz CT molecular complexity index is 807. The van der Waals surface area contributed by atoms with Crippen molar-refractivity contribution in [1.82, 2.24) is 9.80 Å². The van der Waals surface area contributed by atoms with E-state index in [1.165, 1.54) is 24.1 Å².